The highest BCUT2D eigenvalue weighted by Crippen LogP contribution is 2.10. The summed E-state index contributed by atoms with van der Waals surface area (Å²) in [5.41, 5.74) is -0.465. The number of hydrogen-bond acceptors (Lipinski definition) is 4. The van der Waals surface area contributed by atoms with Crippen LogP contribution in [0.25, 0.3) is 0 Å². The maximum absolute atomic E-state index is 10.6. The third-order valence-electron chi connectivity index (χ3n) is 0.541. The first kappa shape index (κ1) is 9.62. The summed E-state index contributed by atoms with van der Waals surface area (Å²) in [4.78, 5) is 10.6. The normalized spacial score (nSPS) is 10.8. The molecule has 0 bridgehead atoms. The van der Waals surface area contributed by atoms with Gasteiger partial charge in [-0.15, -0.1) is 0 Å². The van der Waals surface area contributed by atoms with Gasteiger partial charge in [-0.3, -0.25) is 0 Å². The second-order valence-corrected chi connectivity index (χ2v) is 3.21. The van der Waals surface area contributed by atoms with Gasteiger partial charge < -0.3 is 8.92 Å². The SMILES string of the molecule is CSOC(=O)OC(C)(C)C. The largest absolute Gasteiger partial charge is 0.521 e. The summed E-state index contributed by atoms with van der Waals surface area (Å²) in [7, 11) is 0. The molecule has 0 saturated heterocycles. The average molecular weight is 164 g/mol. The number of rotatable bonds is 1. The van der Waals surface area contributed by atoms with Gasteiger partial charge in [0.2, 0.25) is 0 Å². The maximum atomic E-state index is 10.6. The van der Waals surface area contributed by atoms with E-state index in [0.717, 1.165) is 12.0 Å². The Morgan fingerprint density at radius 3 is 2.20 bits per heavy atom. The van der Waals surface area contributed by atoms with Crippen LogP contribution in [0.5, 0.6) is 0 Å². The Bertz CT molecular complexity index is 117. The van der Waals surface area contributed by atoms with E-state index >= 15 is 0 Å². The Hall–Kier alpha value is -0.380. The molecule has 3 nitrogen and oxygen atoms in total. The molecule has 0 rings (SSSR count). The molecular formula is C6H12O3S. The molecule has 0 aromatic heterocycles. The van der Waals surface area contributed by atoms with Crippen LogP contribution < -0.4 is 0 Å². The van der Waals surface area contributed by atoms with Crippen molar-refractivity contribution in [2.24, 2.45) is 0 Å². The molecule has 0 aromatic carbocycles. The lowest BCUT2D eigenvalue weighted by Gasteiger charge is -2.17. The van der Waals surface area contributed by atoms with Crippen LogP contribution in [0.3, 0.4) is 0 Å². The van der Waals surface area contributed by atoms with Crippen molar-refractivity contribution in [3.8, 4) is 0 Å². The first-order valence-corrected chi connectivity index (χ1v) is 4.04. The highest BCUT2D eigenvalue weighted by molar-refractivity contribution is 7.94. The van der Waals surface area contributed by atoms with E-state index in [4.69, 9.17) is 4.74 Å². The Kier molecular flexibility index (Phi) is 3.57. The maximum Gasteiger partial charge on any atom is 0.521 e. The molecule has 0 amide bonds. The van der Waals surface area contributed by atoms with E-state index in [1.165, 1.54) is 0 Å². The Labute approximate surface area is 65.3 Å². The second kappa shape index (κ2) is 3.71. The van der Waals surface area contributed by atoms with Crippen LogP contribution in [0.15, 0.2) is 0 Å². The average Bonchev–Trinajstić information content (AvgIpc) is 1.59. The zero-order chi connectivity index (χ0) is 8.20. The molecule has 0 aromatic rings. The van der Waals surface area contributed by atoms with Gasteiger partial charge in [0.1, 0.15) is 5.60 Å². The molecule has 60 valence electrons. The van der Waals surface area contributed by atoms with Gasteiger partial charge in [-0.2, -0.15) is 0 Å². The molecule has 0 aliphatic heterocycles. The summed E-state index contributed by atoms with van der Waals surface area (Å²) in [6.07, 6.45) is 1.02. The minimum absolute atomic E-state index is 0.465. The number of ether oxygens (including phenoxy) is 1. The topological polar surface area (TPSA) is 35.5 Å². The van der Waals surface area contributed by atoms with Crippen molar-refractivity contribution in [3.63, 3.8) is 0 Å². The smallest absolute Gasteiger partial charge is 0.428 e. The first-order chi connectivity index (χ1) is 4.45. The Morgan fingerprint density at radius 1 is 1.40 bits per heavy atom. The molecule has 10 heavy (non-hydrogen) atoms. The Morgan fingerprint density at radius 2 is 1.90 bits per heavy atom. The van der Waals surface area contributed by atoms with Gasteiger partial charge in [0.05, 0.1) is 12.0 Å². The first-order valence-electron chi connectivity index (χ1n) is 2.89. The van der Waals surface area contributed by atoms with Crippen LogP contribution in [0, 0.1) is 0 Å². The minimum atomic E-state index is -0.639. The van der Waals surface area contributed by atoms with E-state index in [0.29, 0.717) is 0 Å². The number of carbonyl (C=O) groups is 1. The Balaban J connectivity index is 3.58. The summed E-state index contributed by atoms with van der Waals surface area (Å²) < 4.78 is 9.27. The summed E-state index contributed by atoms with van der Waals surface area (Å²) in [6.45, 7) is 5.36. The molecule has 0 aliphatic rings. The quantitative estimate of drug-likeness (QED) is 0.439. The molecule has 0 atom stereocenters. The lowest BCUT2D eigenvalue weighted by Crippen LogP contribution is -2.23. The van der Waals surface area contributed by atoms with Crippen LogP contribution in [0.1, 0.15) is 20.8 Å². The van der Waals surface area contributed by atoms with Crippen LogP contribution in [0.4, 0.5) is 4.79 Å². The van der Waals surface area contributed by atoms with Crippen LogP contribution in [0.2, 0.25) is 0 Å². The second-order valence-electron chi connectivity index (χ2n) is 2.71. The number of carbonyl (C=O) groups excluding carboxylic acids is 1. The summed E-state index contributed by atoms with van der Waals surface area (Å²) in [6, 6.07) is 0. The molecule has 0 N–H and O–H groups in total. The van der Waals surface area contributed by atoms with E-state index < -0.39 is 11.8 Å². The van der Waals surface area contributed by atoms with E-state index in [-0.39, 0.29) is 0 Å². The highest BCUT2D eigenvalue weighted by atomic mass is 32.2. The number of hydrogen-bond donors (Lipinski definition) is 0. The molecule has 4 heteroatoms. The fraction of sp³-hybridized carbons (Fsp3) is 0.833. The fourth-order valence-corrected chi connectivity index (χ4v) is 0.505. The third-order valence-corrected chi connectivity index (χ3v) is 0.844. The molecule has 0 saturated carbocycles. The molecule has 0 spiro atoms. The van der Waals surface area contributed by atoms with Gasteiger partial charge in [-0.25, -0.2) is 4.79 Å². The molecule has 0 aliphatic carbocycles. The molecule has 0 radical (unpaired) electrons. The lowest BCUT2D eigenvalue weighted by atomic mass is 10.2. The molecule has 0 heterocycles. The lowest BCUT2D eigenvalue weighted by molar-refractivity contribution is 0.0250. The monoisotopic (exact) mass is 164 g/mol. The van der Waals surface area contributed by atoms with Gasteiger partial charge in [0, 0.05) is 6.26 Å². The van der Waals surface area contributed by atoms with Gasteiger partial charge in [-0.05, 0) is 20.8 Å². The van der Waals surface area contributed by atoms with Crippen molar-refractivity contribution in [1.29, 1.82) is 0 Å². The van der Waals surface area contributed by atoms with Crippen molar-refractivity contribution >= 4 is 18.2 Å². The highest BCUT2D eigenvalue weighted by Gasteiger charge is 2.16. The van der Waals surface area contributed by atoms with Crippen molar-refractivity contribution in [2.45, 2.75) is 26.4 Å². The molecule has 0 unspecified atom stereocenters. The fourth-order valence-electron chi connectivity index (χ4n) is 0.335. The van der Waals surface area contributed by atoms with Crippen molar-refractivity contribution < 1.29 is 13.7 Å². The summed E-state index contributed by atoms with van der Waals surface area (Å²) in [5, 5.41) is 0. The summed E-state index contributed by atoms with van der Waals surface area (Å²) in [5.74, 6) is 0. The predicted octanol–water partition coefficient (Wildman–Crippen LogP) is 2.22. The zero-order valence-corrected chi connectivity index (χ0v) is 7.45. The standard InChI is InChI=1S/C6H12O3S/c1-6(2,3)8-5(7)9-10-4/h1-4H3. The van der Waals surface area contributed by atoms with E-state index in [9.17, 15) is 4.79 Å². The van der Waals surface area contributed by atoms with Gasteiger partial charge >= 0.3 is 6.16 Å². The van der Waals surface area contributed by atoms with Crippen molar-refractivity contribution in [1.82, 2.24) is 0 Å². The third kappa shape index (κ3) is 5.75. The molecular weight excluding hydrogens is 152 g/mol. The van der Waals surface area contributed by atoms with Crippen LogP contribution in [-0.2, 0) is 8.92 Å². The van der Waals surface area contributed by atoms with Gasteiger partial charge in [0.15, 0.2) is 0 Å². The van der Waals surface area contributed by atoms with Crippen LogP contribution >= 0.6 is 12.0 Å². The molecule has 0 fully saturated rings. The minimum Gasteiger partial charge on any atom is -0.428 e. The summed E-state index contributed by atoms with van der Waals surface area (Å²) >= 11 is 0.976. The zero-order valence-electron chi connectivity index (χ0n) is 6.63. The van der Waals surface area contributed by atoms with Gasteiger partial charge in [-0.1, -0.05) is 0 Å². The van der Waals surface area contributed by atoms with E-state index in [1.807, 2.05) is 0 Å². The van der Waals surface area contributed by atoms with E-state index in [2.05, 4.69) is 4.18 Å². The van der Waals surface area contributed by atoms with Gasteiger partial charge in [0.25, 0.3) is 0 Å². The van der Waals surface area contributed by atoms with Crippen LogP contribution in [-0.4, -0.2) is 18.0 Å². The van der Waals surface area contributed by atoms with Crippen molar-refractivity contribution in [3.05, 3.63) is 0 Å². The van der Waals surface area contributed by atoms with Crippen molar-refractivity contribution in [2.75, 3.05) is 6.26 Å². The predicted molar refractivity (Wildman–Crippen MR) is 40.8 cm³/mol. The van der Waals surface area contributed by atoms with E-state index in [1.54, 1.807) is 27.0 Å².